The zero-order valence-electron chi connectivity index (χ0n) is 19.5. The van der Waals surface area contributed by atoms with E-state index < -0.39 is 10.8 Å². The first kappa shape index (κ1) is 22.5. The summed E-state index contributed by atoms with van der Waals surface area (Å²) in [7, 11) is 0. The third kappa shape index (κ3) is 4.45. The van der Waals surface area contributed by atoms with Crippen molar-refractivity contribution in [1.82, 2.24) is 0 Å². The number of hydrogen-bond donors (Lipinski definition) is 2. The summed E-state index contributed by atoms with van der Waals surface area (Å²) in [5, 5.41) is 21.2. The molecule has 168 valence electrons. The Balaban J connectivity index is 1.68. The number of hydrogen-bond acceptors (Lipinski definition) is 3. The average molecular weight is 439 g/mol. The number of benzene rings is 4. The van der Waals surface area contributed by atoms with Crippen LogP contribution in [-0.2, 0) is 10.8 Å². The second kappa shape index (κ2) is 8.67. The molecule has 33 heavy (non-hydrogen) atoms. The van der Waals surface area contributed by atoms with Crippen LogP contribution in [0.3, 0.4) is 0 Å². The third-order valence-electron chi connectivity index (χ3n) is 6.51. The summed E-state index contributed by atoms with van der Waals surface area (Å²) < 4.78 is 6.21. The van der Waals surface area contributed by atoms with Gasteiger partial charge >= 0.3 is 0 Å². The van der Waals surface area contributed by atoms with Crippen LogP contribution in [0.4, 0.5) is 0 Å². The second-order valence-corrected chi connectivity index (χ2v) is 9.44. The van der Waals surface area contributed by atoms with Gasteiger partial charge in [0, 0.05) is 22.0 Å². The van der Waals surface area contributed by atoms with Crippen LogP contribution < -0.4 is 4.74 Å². The first-order valence-corrected chi connectivity index (χ1v) is 11.2. The lowest BCUT2D eigenvalue weighted by Gasteiger charge is -2.28. The highest BCUT2D eigenvalue weighted by Crippen LogP contribution is 2.42. The minimum Gasteiger partial charge on any atom is -0.508 e. The van der Waals surface area contributed by atoms with E-state index in [0.29, 0.717) is 11.5 Å². The lowest BCUT2D eigenvalue weighted by atomic mass is 9.77. The van der Waals surface area contributed by atoms with Crippen LogP contribution >= 0.6 is 0 Å². The lowest BCUT2D eigenvalue weighted by molar-refractivity contribution is 0.437. The zero-order valence-corrected chi connectivity index (χ0v) is 19.5. The molecule has 0 aliphatic carbocycles. The van der Waals surface area contributed by atoms with Crippen molar-refractivity contribution in [3.05, 3.63) is 119 Å². The van der Waals surface area contributed by atoms with Gasteiger partial charge in [-0.2, -0.15) is 0 Å². The van der Waals surface area contributed by atoms with E-state index in [1.807, 2.05) is 48.5 Å². The van der Waals surface area contributed by atoms with Crippen molar-refractivity contribution in [1.29, 1.82) is 0 Å². The highest BCUT2D eigenvalue weighted by molar-refractivity contribution is 5.52. The number of phenolic OH excluding ortho intramolecular Hbond substituents is 2. The molecule has 4 aromatic rings. The Bertz CT molecular complexity index is 1140. The minimum atomic E-state index is -0.403. The molecule has 3 heteroatoms. The molecule has 0 fully saturated rings. The van der Waals surface area contributed by atoms with Crippen molar-refractivity contribution >= 4 is 0 Å². The van der Waals surface area contributed by atoms with Crippen molar-refractivity contribution in [2.45, 2.75) is 38.5 Å². The third-order valence-corrected chi connectivity index (χ3v) is 6.51. The van der Waals surface area contributed by atoms with E-state index in [1.165, 1.54) is 0 Å². The summed E-state index contributed by atoms with van der Waals surface area (Å²) in [6, 6.07) is 30.8. The van der Waals surface area contributed by atoms with Crippen molar-refractivity contribution in [2.24, 2.45) is 0 Å². The molecule has 0 unspecified atom stereocenters. The van der Waals surface area contributed by atoms with Crippen LogP contribution in [0.2, 0.25) is 0 Å². The fraction of sp³-hybridized carbons (Fsp3) is 0.200. The summed E-state index contributed by atoms with van der Waals surface area (Å²) in [5.74, 6) is 1.71. The summed E-state index contributed by atoms with van der Waals surface area (Å²) in [5.41, 5.74) is 2.98. The molecule has 2 N–H and O–H groups in total. The van der Waals surface area contributed by atoms with Gasteiger partial charge < -0.3 is 14.9 Å². The van der Waals surface area contributed by atoms with E-state index in [2.05, 4.69) is 52.0 Å². The SMILES string of the molecule is CC(C)(c1ccccc1)c1cc(Oc2ccc(O)c(C(C)(C)c3ccccc3)c2)ccc1O. The standard InChI is InChI=1S/C30H30O3/c1-29(2,21-11-7-5-8-12-21)25-19-23(15-17-27(25)31)33-24-16-18-28(32)26(20-24)30(3,4)22-13-9-6-10-14-22/h5-20,31-32H,1-4H3. The number of rotatable bonds is 6. The van der Waals surface area contributed by atoms with Gasteiger partial charge in [-0.15, -0.1) is 0 Å². The van der Waals surface area contributed by atoms with Crippen molar-refractivity contribution in [3.63, 3.8) is 0 Å². The summed E-state index contributed by atoms with van der Waals surface area (Å²) in [6.07, 6.45) is 0. The first-order chi connectivity index (χ1) is 15.7. The number of ether oxygens (including phenoxy) is 1. The molecule has 0 heterocycles. The smallest absolute Gasteiger partial charge is 0.128 e. The van der Waals surface area contributed by atoms with Crippen molar-refractivity contribution < 1.29 is 14.9 Å². The van der Waals surface area contributed by atoms with Gasteiger partial charge in [0.1, 0.15) is 23.0 Å². The normalized spacial score (nSPS) is 11.9. The van der Waals surface area contributed by atoms with E-state index in [9.17, 15) is 10.2 Å². The summed E-state index contributed by atoms with van der Waals surface area (Å²) in [6.45, 7) is 8.34. The van der Waals surface area contributed by atoms with E-state index in [0.717, 1.165) is 22.3 Å². The molecular formula is C30H30O3. The second-order valence-electron chi connectivity index (χ2n) is 9.44. The molecule has 4 aromatic carbocycles. The zero-order chi connectivity index (χ0) is 23.6. The molecule has 0 spiro atoms. The molecular weight excluding hydrogens is 408 g/mol. The van der Waals surface area contributed by atoms with Crippen molar-refractivity contribution in [3.8, 4) is 23.0 Å². The monoisotopic (exact) mass is 438 g/mol. The topological polar surface area (TPSA) is 49.7 Å². The Labute approximate surface area is 195 Å². The van der Waals surface area contributed by atoms with E-state index in [-0.39, 0.29) is 11.5 Å². The van der Waals surface area contributed by atoms with Gasteiger partial charge in [0.15, 0.2) is 0 Å². The van der Waals surface area contributed by atoms with Crippen LogP contribution in [0, 0.1) is 0 Å². The average Bonchev–Trinajstić information content (AvgIpc) is 2.82. The van der Waals surface area contributed by atoms with Gasteiger partial charge in [-0.1, -0.05) is 88.4 Å². The predicted octanol–water partition coefficient (Wildman–Crippen LogP) is 7.54. The Kier molecular flexibility index (Phi) is 5.90. The van der Waals surface area contributed by atoms with Gasteiger partial charge in [-0.25, -0.2) is 0 Å². The minimum absolute atomic E-state index is 0.229. The molecule has 0 bridgehead atoms. The first-order valence-electron chi connectivity index (χ1n) is 11.2. The highest BCUT2D eigenvalue weighted by atomic mass is 16.5. The Morgan fingerprint density at radius 2 is 0.879 bits per heavy atom. The molecule has 0 saturated carbocycles. The predicted molar refractivity (Wildman–Crippen MR) is 133 cm³/mol. The Morgan fingerprint density at radius 3 is 1.24 bits per heavy atom. The largest absolute Gasteiger partial charge is 0.508 e. The van der Waals surface area contributed by atoms with Crippen LogP contribution in [0.1, 0.15) is 49.9 Å². The Morgan fingerprint density at radius 1 is 0.515 bits per heavy atom. The van der Waals surface area contributed by atoms with Crippen LogP contribution in [0.15, 0.2) is 97.1 Å². The molecule has 4 rings (SSSR count). The number of aromatic hydroxyl groups is 2. The van der Waals surface area contributed by atoms with Gasteiger partial charge in [-0.3, -0.25) is 0 Å². The molecule has 0 amide bonds. The summed E-state index contributed by atoms with van der Waals surface area (Å²) >= 11 is 0. The maximum atomic E-state index is 10.6. The van der Waals surface area contributed by atoms with Gasteiger partial charge in [0.2, 0.25) is 0 Å². The van der Waals surface area contributed by atoms with E-state index in [1.54, 1.807) is 24.3 Å². The lowest BCUT2D eigenvalue weighted by Crippen LogP contribution is -2.19. The van der Waals surface area contributed by atoms with Gasteiger partial charge in [-0.05, 0) is 47.5 Å². The summed E-state index contributed by atoms with van der Waals surface area (Å²) in [4.78, 5) is 0. The fourth-order valence-electron chi connectivity index (χ4n) is 4.32. The van der Waals surface area contributed by atoms with Gasteiger partial charge in [0.05, 0.1) is 0 Å². The molecule has 3 nitrogen and oxygen atoms in total. The van der Waals surface area contributed by atoms with Crippen LogP contribution in [0.5, 0.6) is 23.0 Å². The molecule has 0 aromatic heterocycles. The molecule has 0 saturated heterocycles. The maximum Gasteiger partial charge on any atom is 0.128 e. The van der Waals surface area contributed by atoms with Crippen LogP contribution in [0.25, 0.3) is 0 Å². The molecule has 0 radical (unpaired) electrons. The van der Waals surface area contributed by atoms with E-state index >= 15 is 0 Å². The molecule has 0 aliphatic rings. The van der Waals surface area contributed by atoms with Crippen LogP contribution in [-0.4, -0.2) is 10.2 Å². The van der Waals surface area contributed by atoms with Gasteiger partial charge in [0.25, 0.3) is 0 Å². The van der Waals surface area contributed by atoms with E-state index in [4.69, 9.17) is 4.74 Å². The number of phenols is 2. The fourth-order valence-corrected chi connectivity index (χ4v) is 4.32. The molecule has 0 atom stereocenters. The van der Waals surface area contributed by atoms with Crippen molar-refractivity contribution in [2.75, 3.05) is 0 Å². The Hall–Kier alpha value is -3.72. The quantitative estimate of drug-likeness (QED) is 0.327. The maximum absolute atomic E-state index is 10.6. The molecule has 0 aliphatic heterocycles. The highest BCUT2D eigenvalue weighted by Gasteiger charge is 2.28.